The molecule has 32 heavy (non-hydrogen) atoms. The van der Waals surface area contributed by atoms with Gasteiger partial charge in [0.05, 0.1) is 17.8 Å². The third kappa shape index (κ3) is 4.14. The number of methoxy groups -OCH3 is 1. The highest BCUT2D eigenvalue weighted by Gasteiger charge is 2.14. The Bertz CT molecular complexity index is 1280. The zero-order valence-corrected chi connectivity index (χ0v) is 17.7. The van der Waals surface area contributed by atoms with Crippen LogP contribution in [0.3, 0.4) is 0 Å². The highest BCUT2D eigenvalue weighted by molar-refractivity contribution is 5.93. The van der Waals surface area contributed by atoms with Crippen LogP contribution in [-0.2, 0) is 11.3 Å². The van der Waals surface area contributed by atoms with Crippen molar-refractivity contribution in [2.45, 2.75) is 6.54 Å². The molecule has 0 amide bonds. The number of nitrogens with zero attached hydrogens (tertiary/aromatic N) is 2. The van der Waals surface area contributed by atoms with Crippen molar-refractivity contribution >= 4 is 33.8 Å². The monoisotopic (exact) mass is 428 g/mol. The zero-order chi connectivity index (χ0) is 21.9. The third-order valence-electron chi connectivity index (χ3n) is 5.24. The molecule has 4 aromatic rings. The predicted octanol–water partition coefficient (Wildman–Crippen LogP) is 4.08. The summed E-state index contributed by atoms with van der Waals surface area (Å²) < 4.78 is 10.9. The minimum atomic E-state index is 0.470. The average Bonchev–Trinajstić information content (AvgIpc) is 3.27. The molecule has 162 valence electrons. The Kier molecular flexibility index (Phi) is 5.45. The molecule has 0 spiro atoms. The molecule has 0 unspecified atom stereocenters. The van der Waals surface area contributed by atoms with Gasteiger partial charge in [0.1, 0.15) is 18.2 Å². The van der Waals surface area contributed by atoms with Gasteiger partial charge in [-0.15, -0.1) is 0 Å². The Morgan fingerprint density at radius 1 is 1.03 bits per heavy atom. The van der Waals surface area contributed by atoms with Crippen molar-refractivity contribution < 1.29 is 9.47 Å². The van der Waals surface area contributed by atoms with E-state index in [1.165, 1.54) is 5.56 Å². The number of aromatic nitrogens is 2. The summed E-state index contributed by atoms with van der Waals surface area (Å²) in [5.41, 5.74) is 17.8. The molecule has 1 aliphatic rings. The molecule has 3 aromatic carbocycles. The maximum absolute atomic E-state index is 5.99. The molecule has 5 N–H and O–H groups in total. The summed E-state index contributed by atoms with van der Waals surface area (Å²) in [4.78, 5) is 9.63. The number of hydrogen-bond acceptors (Lipinski definition) is 8. The number of hydrogen-bond donors (Lipinski definition) is 4. The van der Waals surface area contributed by atoms with Crippen LogP contribution in [0.2, 0.25) is 0 Å². The van der Waals surface area contributed by atoms with Gasteiger partial charge in [0.2, 0.25) is 0 Å². The van der Waals surface area contributed by atoms with Crippen molar-refractivity contribution in [1.29, 1.82) is 0 Å². The molecule has 5 rings (SSSR count). The van der Waals surface area contributed by atoms with Gasteiger partial charge in [-0.2, -0.15) is 0 Å². The first kappa shape index (κ1) is 20.0. The Morgan fingerprint density at radius 3 is 2.84 bits per heavy atom. The number of ether oxygens (including phenoxy) is 2. The number of nitrogens with one attached hydrogen (secondary N) is 3. The summed E-state index contributed by atoms with van der Waals surface area (Å²) in [6.45, 7) is 1.75. The van der Waals surface area contributed by atoms with Crippen LogP contribution in [0.4, 0.5) is 22.9 Å². The zero-order valence-electron chi connectivity index (χ0n) is 17.7. The van der Waals surface area contributed by atoms with E-state index in [-0.39, 0.29) is 0 Å². The molecule has 8 heteroatoms. The summed E-state index contributed by atoms with van der Waals surface area (Å²) in [7, 11) is 1.65. The van der Waals surface area contributed by atoms with Crippen molar-refractivity contribution in [2.75, 3.05) is 36.8 Å². The van der Waals surface area contributed by atoms with E-state index in [1.807, 2.05) is 54.6 Å². The molecule has 0 atom stereocenters. The molecule has 0 bridgehead atoms. The average molecular weight is 428 g/mol. The lowest BCUT2D eigenvalue weighted by Crippen LogP contribution is -2.10. The lowest BCUT2D eigenvalue weighted by atomic mass is 10.1. The first-order valence-electron chi connectivity index (χ1n) is 10.4. The Labute approximate surface area is 185 Å². The van der Waals surface area contributed by atoms with Gasteiger partial charge in [-0.1, -0.05) is 12.1 Å². The fourth-order valence-electron chi connectivity index (χ4n) is 3.65. The summed E-state index contributed by atoms with van der Waals surface area (Å²) >= 11 is 0. The molecule has 1 aromatic heterocycles. The molecule has 2 heterocycles. The van der Waals surface area contributed by atoms with Crippen LogP contribution in [-0.4, -0.2) is 30.3 Å². The van der Waals surface area contributed by atoms with Crippen LogP contribution in [0, 0.1) is 0 Å². The van der Waals surface area contributed by atoms with Crippen molar-refractivity contribution in [3.05, 3.63) is 66.2 Å². The third-order valence-corrected chi connectivity index (χ3v) is 5.24. The van der Waals surface area contributed by atoms with E-state index in [9.17, 15) is 0 Å². The largest absolute Gasteiger partial charge is 0.491 e. The van der Waals surface area contributed by atoms with E-state index in [4.69, 9.17) is 25.2 Å². The molecular weight excluding hydrogens is 404 g/mol. The molecule has 0 saturated carbocycles. The van der Waals surface area contributed by atoms with Crippen molar-refractivity contribution in [2.24, 2.45) is 0 Å². The van der Waals surface area contributed by atoms with E-state index < -0.39 is 0 Å². The lowest BCUT2D eigenvalue weighted by molar-refractivity contribution is 0.146. The van der Waals surface area contributed by atoms with Crippen LogP contribution in [0.5, 0.6) is 5.75 Å². The summed E-state index contributed by atoms with van der Waals surface area (Å²) in [5.74, 6) is 2.04. The van der Waals surface area contributed by atoms with Crippen LogP contribution in [0.15, 0.2) is 60.7 Å². The Balaban J connectivity index is 1.58. The van der Waals surface area contributed by atoms with E-state index in [0.29, 0.717) is 30.5 Å². The number of nitrogen functional groups attached to an aromatic ring is 1. The normalized spacial score (nSPS) is 12.4. The minimum Gasteiger partial charge on any atom is -0.491 e. The summed E-state index contributed by atoms with van der Waals surface area (Å²) in [6.07, 6.45) is 0. The van der Waals surface area contributed by atoms with Gasteiger partial charge in [-0.05, 0) is 54.1 Å². The van der Waals surface area contributed by atoms with Crippen molar-refractivity contribution in [3.8, 4) is 17.1 Å². The van der Waals surface area contributed by atoms with Gasteiger partial charge < -0.3 is 25.9 Å². The molecule has 0 aliphatic carbocycles. The topological polar surface area (TPSA) is 106 Å². The quantitative estimate of drug-likeness (QED) is 0.258. The smallest absolute Gasteiger partial charge is 0.162 e. The number of fused-ring (bicyclic) bond motifs is 2. The van der Waals surface area contributed by atoms with Crippen LogP contribution in [0.1, 0.15) is 5.56 Å². The minimum absolute atomic E-state index is 0.470. The molecule has 8 nitrogen and oxygen atoms in total. The standard InChI is InChI=1S/C24H24N6O2/c1-31-9-10-32-19-6-8-22-20(13-19)24(27-18-5-7-21-16(12-18)14-26-30-21)29-23(28-22)15-3-2-4-17(25)11-15/h2-8,11-13,26,30H,9-10,14,25H2,1H3,(H,27,28,29). The van der Waals surface area contributed by atoms with Crippen molar-refractivity contribution in [1.82, 2.24) is 15.4 Å². The second-order valence-corrected chi connectivity index (χ2v) is 7.52. The molecule has 0 fully saturated rings. The van der Waals surface area contributed by atoms with Crippen molar-refractivity contribution in [3.63, 3.8) is 0 Å². The number of nitrogens with two attached hydrogens (primary N) is 1. The van der Waals surface area contributed by atoms with Gasteiger partial charge >= 0.3 is 0 Å². The highest BCUT2D eigenvalue weighted by atomic mass is 16.5. The van der Waals surface area contributed by atoms with Crippen LogP contribution < -0.4 is 26.6 Å². The Hall–Kier alpha value is -3.88. The van der Waals surface area contributed by atoms with Gasteiger partial charge in [-0.25, -0.2) is 15.4 Å². The van der Waals surface area contributed by atoms with E-state index >= 15 is 0 Å². The van der Waals surface area contributed by atoms with Gasteiger partial charge in [0, 0.05) is 36.0 Å². The molecule has 0 saturated heterocycles. The van der Waals surface area contributed by atoms with Gasteiger partial charge in [0.15, 0.2) is 5.82 Å². The van der Waals surface area contributed by atoms with Gasteiger partial charge in [0.25, 0.3) is 0 Å². The Morgan fingerprint density at radius 2 is 1.97 bits per heavy atom. The summed E-state index contributed by atoms with van der Waals surface area (Å²) in [5, 5.41) is 4.34. The van der Waals surface area contributed by atoms with E-state index in [2.05, 4.69) is 22.2 Å². The predicted molar refractivity (Wildman–Crippen MR) is 127 cm³/mol. The summed E-state index contributed by atoms with van der Waals surface area (Å²) in [6, 6.07) is 19.5. The van der Waals surface area contributed by atoms with Crippen LogP contribution >= 0.6 is 0 Å². The molecular formula is C24H24N6O2. The van der Waals surface area contributed by atoms with E-state index in [1.54, 1.807) is 7.11 Å². The second-order valence-electron chi connectivity index (χ2n) is 7.52. The fourth-order valence-corrected chi connectivity index (χ4v) is 3.65. The molecule has 0 radical (unpaired) electrons. The fraction of sp³-hybridized carbons (Fsp3) is 0.167. The maximum atomic E-state index is 5.99. The van der Waals surface area contributed by atoms with Gasteiger partial charge in [-0.3, -0.25) is 0 Å². The number of benzene rings is 3. The van der Waals surface area contributed by atoms with E-state index in [0.717, 1.165) is 40.1 Å². The lowest BCUT2D eigenvalue weighted by Gasteiger charge is -2.13. The number of anilines is 4. The maximum Gasteiger partial charge on any atom is 0.162 e. The number of hydrazine groups is 1. The SMILES string of the molecule is COCCOc1ccc2nc(-c3cccc(N)c3)nc(Nc3ccc4c(c3)CNN4)c2c1. The number of rotatable bonds is 7. The molecule has 1 aliphatic heterocycles. The highest BCUT2D eigenvalue weighted by Crippen LogP contribution is 2.32. The second kappa shape index (κ2) is 8.70. The first-order valence-corrected chi connectivity index (χ1v) is 10.4. The first-order chi connectivity index (χ1) is 15.7. The van der Waals surface area contributed by atoms with Crippen LogP contribution in [0.25, 0.3) is 22.3 Å².